The predicted molar refractivity (Wildman–Crippen MR) is 103 cm³/mol. The van der Waals surface area contributed by atoms with Gasteiger partial charge in [-0.1, -0.05) is 24.3 Å². The van der Waals surface area contributed by atoms with Gasteiger partial charge in [-0.15, -0.1) is 0 Å². The van der Waals surface area contributed by atoms with E-state index in [4.69, 9.17) is 0 Å². The Hall–Kier alpha value is -2.34. The number of benzene rings is 2. The number of nitrogens with zero attached hydrogens (tertiary/aromatic N) is 2. The molecular weight excluding hydrogens is 348 g/mol. The van der Waals surface area contributed by atoms with Crippen LogP contribution in [0, 0.1) is 0 Å². The summed E-state index contributed by atoms with van der Waals surface area (Å²) in [5, 5.41) is 0. The van der Waals surface area contributed by atoms with Crippen LogP contribution < -0.4 is 9.21 Å². The fraction of sp³-hybridized carbons (Fsp3) is 0.350. The number of hydrogen-bond acceptors (Lipinski definition) is 3. The number of amides is 1. The standard InChI is InChI=1S/C20H22N2O3S/c23-20(21-12-6-9-16-7-1-2-11-19(16)21)17-8-5-10-18(15-17)22-13-3-4-14-26(22,24)25/h1-2,5,7-8,10-11,15H,3-4,6,9,12-14H2. The molecule has 0 aliphatic carbocycles. The van der Waals surface area contributed by atoms with Crippen molar-refractivity contribution >= 4 is 27.3 Å². The van der Waals surface area contributed by atoms with Crippen molar-refractivity contribution in [2.75, 3.05) is 28.0 Å². The Morgan fingerprint density at radius 1 is 0.923 bits per heavy atom. The van der Waals surface area contributed by atoms with Crippen molar-refractivity contribution in [1.82, 2.24) is 0 Å². The molecule has 26 heavy (non-hydrogen) atoms. The second kappa shape index (κ2) is 6.76. The number of rotatable bonds is 2. The quantitative estimate of drug-likeness (QED) is 0.816. The van der Waals surface area contributed by atoms with E-state index in [1.165, 1.54) is 9.87 Å². The highest BCUT2D eigenvalue weighted by molar-refractivity contribution is 7.92. The lowest BCUT2D eigenvalue weighted by Gasteiger charge is -2.31. The van der Waals surface area contributed by atoms with Crippen LogP contribution in [0.5, 0.6) is 0 Å². The van der Waals surface area contributed by atoms with Crippen LogP contribution in [0.2, 0.25) is 0 Å². The molecular formula is C20H22N2O3S. The molecule has 1 fully saturated rings. The van der Waals surface area contributed by atoms with Gasteiger partial charge in [-0.2, -0.15) is 0 Å². The Labute approximate surface area is 154 Å². The van der Waals surface area contributed by atoms with Crippen LogP contribution in [0.15, 0.2) is 48.5 Å². The molecule has 1 saturated heterocycles. The molecule has 4 rings (SSSR count). The van der Waals surface area contributed by atoms with Crippen molar-refractivity contribution in [3.8, 4) is 0 Å². The van der Waals surface area contributed by atoms with E-state index >= 15 is 0 Å². The summed E-state index contributed by atoms with van der Waals surface area (Å²) in [6.07, 6.45) is 3.45. The summed E-state index contributed by atoms with van der Waals surface area (Å²) < 4.78 is 26.2. The normalized spacial score (nSPS) is 19.1. The summed E-state index contributed by atoms with van der Waals surface area (Å²) in [4.78, 5) is 14.9. The number of carbonyl (C=O) groups is 1. The van der Waals surface area contributed by atoms with Crippen LogP contribution >= 0.6 is 0 Å². The summed E-state index contributed by atoms with van der Waals surface area (Å²) in [6.45, 7) is 1.16. The molecule has 0 radical (unpaired) electrons. The zero-order valence-electron chi connectivity index (χ0n) is 14.6. The van der Waals surface area contributed by atoms with Gasteiger partial charge in [-0.3, -0.25) is 9.10 Å². The fourth-order valence-corrected chi connectivity index (χ4v) is 5.40. The average Bonchev–Trinajstić information content (AvgIpc) is 2.67. The number of aryl methyl sites for hydroxylation is 1. The summed E-state index contributed by atoms with van der Waals surface area (Å²) in [6, 6.07) is 15.0. The average molecular weight is 370 g/mol. The third kappa shape index (κ3) is 3.09. The number of para-hydroxylation sites is 1. The van der Waals surface area contributed by atoms with E-state index in [2.05, 4.69) is 6.07 Å². The van der Waals surface area contributed by atoms with Gasteiger partial charge in [0.1, 0.15) is 0 Å². The van der Waals surface area contributed by atoms with Gasteiger partial charge in [-0.05, 0) is 55.5 Å². The monoisotopic (exact) mass is 370 g/mol. The van der Waals surface area contributed by atoms with Crippen LogP contribution in [0.3, 0.4) is 0 Å². The van der Waals surface area contributed by atoms with Crippen molar-refractivity contribution in [3.63, 3.8) is 0 Å². The number of fused-ring (bicyclic) bond motifs is 1. The molecule has 136 valence electrons. The van der Waals surface area contributed by atoms with E-state index in [-0.39, 0.29) is 11.7 Å². The Morgan fingerprint density at radius 3 is 2.62 bits per heavy atom. The Kier molecular flexibility index (Phi) is 4.44. The molecule has 0 aromatic heterocycles. The van der Waals surface area contributed by atoms with Crippen LogP contribution in [0.4, 0.5) is 11.4 Å². The number of hydrogen-bond donors (Lipinski definition) is 0. The molecule has 5 nitrogen and oxygen atoms in total. The van der Waals surface area contributed by atoms with Gasteiger partial charge in [0.2, 0.25) is 10.0 Å². The number of sulfonamides is 1. The van der Waals surface area contributed by atoms with E-state index < -0.39 is 10.0 Å². The second-order valence-corrected chi connectivity index (χ2v) is 8.85. The minimum absolute atomic E-state index is 0.0755. The van der Waals surface area contributed by atoms with Crippen molar-refractivity contribution in [3.05, 3.63) is 59.7 Å². The van der Waals surface area contributed by atoms with Gasteiger partial charge in [-0.25, -0.2) is 8.42 Å². The van der Waals surface area contributed by atoms with Crippen LogP contribution in [-0.4, -0.2) is 33.2 Å². The van der Waals surface area contributed by atoms with Gasteiger partial charge in [0.25, 0.3) is 5.91 Å². The Balaban J connectivity index is 1.66. The van der Waals surface area contributed by atoms with Gasteiger partial charge in [0.05, 0.1) is 11.4 Å². The molecule has 2 heterocycles. The summed E-state index contributed by atoms with van der Waals surface area (Å²) in [5.41, 5.74) is 3.25. The highest BCUT2D eigenvalue weighted by Gasteiger charge is 2.28. The van der Waals surface area contributed by atoms with Gasteiger partial charge in [0.15, 0.2) is 0 Å². The highest BCUT2D eigenvalue weighted by atomic mass is 32.2. The molecule has 2 aliphatic heterocycles. The van der Waals surface area contributed by atoms with Crippen LogP contribution in [0.1, 0.15) is 35.2 Å². The largest absolute Gasteiger partial charge is 0.308 e. The predicted octanol–water partition coefficient (Wildman–Crippen LogP) is 3.21. The van der Waals surface area contributed by atoms with Crippen molar-refractivity contribution in [2.24, 2.45) is 0 Å². The molecule has 2 aliphatic rings. The highest BCUT2D eigenvalue weighted by Crippen LogP contribution is 2.30. The first-order chi connectivity index (χ1) is 12.6. The molecule has 0 N–H and O–H groups in total. The third-order valence-electron chi connectivity index (χ3n) is 5.09. The first-order valence-electron chi connectivity index (χ1n) is 9.06. The molecule has 0 spiro atoms. The zero-order chi connectivity index (χ0) is 18.1. The topological polar surface area (TPSA) is 57.7 Å². The fourth-order valence-electron chi connectivity index (χ4n) is 3.77. The minimum Gasteiger partial charge on any atom is -0.308 e. The summed E-state index contributed by atoms with van der Waals surface area (Å²) >= 11 is 0. The van der Waals surface area contributed by atoms with Crippen LogP contribution in [-0.2, 0) is 16.4 Å². The molecule has 0 saturated carbocycles. The van der Waals surface area contributed by atoms with E-state index in [0.717, 1.165) is 24.9 Å². The molecule has 1 amide bonds. The van der Waals surface area contributed by atoms with E-state index in [0.29, 0.717) is 30.8 Å². The van der Waals surface area contributed by atoms with Crippen LogP contribution in [0.25, 0.3) is 0 Å². The Morgan fingerprint density at radius 2 is 1.77 bits per heavy atom. The molecule has 2 aromatic rings. The van der Waals surface area contributed by atoms with E-state index in [1.807, 2.05) is 23.1 Å². The second-order valence-electron chi connectivity index (χ2n) is 6.83. The number of anilines is 2. The maximum absolute atomic E-state index is 13.1. The van der Waals surface area contributed by atoms with Crippen molar-refractivity contribution < 1.29 is 13.2 Å². The SMILES string of the molecule is O=C(c1cccc(N2CCCCS2(=O)=O)c1)N1CCCc2ccccc21. The third-order valence-corrected chi connectivity index (χ3v) is 6.96. The number of carbonyl (C=O) groups excluding carboxylic acids is 1. The van der Waals surface area contributed by atoms with Gasteiger partial charge in [0, 0.05) is 24.3 Å². The van der Waals surface area contributed by atoms with Crippen molar-refractivity contribution in [2.45, 2.75) is 25.7 Å². The van der Waals surface area contributed by atoms with Crippen molar-refractivity contribution in [1.29, 1.82) is 0 Å². The minimum atomic E-state index is -3.28. The van der Waals surface area contributed by atoms with Gasteiger partial charge < -0.3 is 4.90 Å². The lowest BCUT2D eigenvalue weighted by atomic mass is 10.0. The molecule has 0 atom stereocenters. The molecule has 6 heteroatoms. The summed E-state index contributed by atoms with van der Waals surface area (Å²) in [5.74, 6) is 0.0958. The lowest BCUT2D eigenvalue weighted by molar-refractivity contribution is 0.0985. The maximum atomic E-state index is 13.1. The zero-order valence-corrected chi connectivity index (χ0v) is 15.4. The maximum Gasteiger partial charge on any atom is 0.258 e. The molecule has 0 unspecified atom stereocenters. The molecule has 2 aromatic carbocycles. The van der Waals surface area contributed by atoms with E-state index in [9.17, 15) is 13.2 Å². The summed E-state index contributed by atoms with van der Waals surface area (Å²) in [7, 11) is -3.28. The smallest absolute Gasteiger partial charge is 0.258 e. The lowest BCUT2D eigenvalue weighted by Crippen LogP contribution is -2.38. The first kappa shape index (κ1) is 17.1. The van der Waals surface area contributed by atoms with E-state index in [1.54, 1.807) is 24.3 Å². The van der Waals surface area contributed by atoms with Gasteiger partial charge >= 0.3 is 0 Å². The first-order valence-corrected chi connectivity index (χ1v) is 10.7. The Bertz CT molecular complexity index is 940. The molecule has 0 bridgehead atoms.